The Bertz CT molecular complexity index is 818. The SMILES string of the molecule is Cc1nc(-c2ccncc2)sc1CCNC(=O)NCc1ccccc1. The van der Waals surface area contributed by atoms with E-state index < -0.39 is 0 Å². The molecule has 0 saturated heterocycles. The van der Waals surface area contributed by atoms with Gasteiger partial charge in [-0.3, -0.25) is 4.98 Å². The van der Waals surface area contributed by atoms with Gasteiger partial charge >= 0.3 is 6.03 Å². The van der Waals surface area contributed by atoms with E-state index in [2.05, 4.69) is 20.6 Å². The Morgan fingerprint density at radius 3 is 2.60 bits per heavy atom. The fourth-order valence-corrected chi connectivity index (χ4v) is 3.48. The lowest BCUT2D eigenvalue weighted by Gasteiger charge is -2.07. The second-order valence-electron chi connectivity index (χ2n) is 5.61. The van der Waals surface area contributed by atoms with Gasteiger partial charge in [-0.1, -0.05) is 30.3 Å². The molecule has 3 aromatic rings. The maximum absolute atomic E-state index is 11.9. The summed E-state index contributed by atoms with van der Waals surface area (Å²) < 4.78 is 0. The third-order valence-electron chi connectivity index (χ3n) is 3.75. The molecule has 0 aliphatic carbocycles. The average Bonchev–Trinajstić information content (AvgIpc) is 3.02. The number of urea groups is 1. The highest BCUT2D eigenvalue weighted by Gasteiger charge is 2.09. The van der Waals surface area contributed by atoms with E-state index in [1.807, 2.05) is 49.4 Å². The van der Waals surface area contributed by atoms with Crippen molar-refractivity contribution in [3.63, 3.8) is 0 Å². The summed E-state index contributed by atoms with van der Waals surface area (Å²) in [6, 6.07) is 13.6. The first kappa shape index (κ1) is 17.1. The van der Waals surface area contributed by atoms with E-state index in [1.54, 1.807) is 23.7 Å². The van der Waals surface area contributed by atoms with E-state index in [-0.39, 0.29) is 6.03 Å². The van der Waals surface area contributed by atoms with Gasteiger partial charge in [-0.2, -0.15) is 0 Å². The van der Waals surface area contributed by atoms with Crippen molar-refractivity contribution in [3.05, 3.63) is 71.0 Å². The summed E-state index contributed by atoms with van der Waals surface area (Å²) in [6.45, 7) is 3.11. The van der Waals surface area contributed by atoms with Gasteiger partial charge < -0.3 is 10.6 Å². The van der Waals surface area contributed by atoms with Crippen molar-refractivity contribution in [2.75, 3.05) is 6.54 Å². The number of benzene rings is 1. The van der Waals surface area contributed by atoms with Gasteiger partial charge in [-0.15, -0.1) is 11.3 Å². The van der Waals surface area contributed by atoms with Crippen LogP contribution >= 0.6 is 11.3 Å². The van der Waals surface area contributed by atoms with E-state index in [4.69, 9.17) is 0 Å². The molecule has 0 aliphatic heterocycles. The van der Waals surface area contributed by atoms with Crippen molar-refractivity contribution in [2.45, 2.75) is 19.9 Å². The van der Waals surface area contributed by atoms with Crippen LogP contribution in [0.3, 0.4) is 0 Å². The number of amides is 2. The maximum atomic E-state index is 11.9. The lowest BCUT2D eigenvalue weighted by molar-refractivity contribution is 0.240. The monoisotopic (exact) mass is 352 g/mol. The van der Waals surface area contributed by atoms with E-state index in [9.17, 15) is 4.79 Å². The van der Waals surface area contributed by atoms with Gasteiger partial charge in [0.15, 0.2) is 0 Å². The van der Waals surface area contributed by atoms with Crippen molar-refractivity contribution < 1.29 is 4.79 Å². The molecular weight excluding hydrogens is 332 g/mol. The van der Waals surface area contributed by atoms with Gasteiger partial charge in [0.05, 0.1) is 5.69 Å². The van der Waals surface area contributed by atoms with Crippen LogP contribution in [0.2, 0.25) is 0 Å². The number of carbonyl (C=O) groups is 1. The van der Waals surface area contributed by atoms with Crippen LogP contribution in [0.1, 0.15) is 16.1 Å². The predicted octanol–water partition coefficient (Wildman–Crippen LogP) is 3.56. The van der Waals surface area contributed by atoms with Gasteiger partial charge in [0.2, 0.25) is 0 Å². The van der Waals surface area contributed by atoms with Gasteiger partial charge in [0, 0.05) is 42.3 Å². The summed E-state index contributed by atoms with van der Waals surface area (Å²) in [4.78, 5) is 21.7. The van der Waals surface area contributed by atoms with Crippen molar-refractivity contribution in [1.82, 2.24) is 20.6 Å². The number of aromatic nitrogens is 2. The van der Waals surface area contributed by atoms with Crippen LogP contribution in [-0.2, 0) is 13.0 Å². The third kappa shape index (κ3) is 4.87. The van der Waals surface area contributed by atoms with Crippen molar-refractivity contribution in [1.29, 1.82) is 0 Å². The molecular formula is C19H20N4OS. The number of thiazole rings is 1. The van der Waals surface area contributed by atoms with E-state index in [1.165, 1.54) is 4.88 Å². The summed E-state index contributed by atoms with van der Waals surface area (Å²) in [5, 5.41) is 6.75. The molecule has 0 atom stereocenters. The van der Waals surface area contributed by atoms with Gasteiger partial charge in [-0.25, -0.2) is 9.78 Å². The quantitative estimate of drug-likeness (QED) is 0.713. The molecule has 5 nitrogen and oxygen atoms in total. The van der Waals surface area contributed by atoms with Crippen LogP contribution in [0.25, 0.3) is 10.6 Å². The zero-order valence-corrected chi connectivity index (χ0v) is 14.8. The molecule has 0 fully saturated rings. The molecule has 2 aromatic heterocycles. The molecule has 0 radical (unpaired) electrons. The second-order valence-corrected chi connectivity index (χ2v) is 6.69. The Morgan fingerprint density at radius 2 is 1.84 bits per heavy atom. The molecule has 0 saturated carbocycles. The Kier molecular flexibility index (Phi) is 5.74. The Balaban J connectivity index is 1.47. The van der Waals surface area contributed by atoms with Crippen LogP contribution < -0.4 is 10.6 Å². The van der Waals surface area contributed by atoms with Crippen LogP contribution in [0, 0.1) is 6.92 Å². The Labute approximate surface area is 151 Å². The standard InChI is InChI=1S/C19H20N4OS/c1-14-17(25-18(23-14)16-7-10-20-11-8-16)9-12-21-19(24)22-13-15-5-3-2-4-6-15/h2-8,10-11H,9,12-13H2,1H3,(H2,21,22,24). The first-order valence-electron chi connectivity index (χ1n) is 8.14. The highest BCUT2D eigenvalue weighted by atomic mass is 32.1. The zero-order chi connectivity index (χ0) is 17.5. The maximum Gasteiger partial charge on any atom is 0.315 e. The molecule has 0 aliphatic rings. The first-order valence-corrected chi connectivity index (χ1v) is 8.96. The van der Waals surface area contributed by atoms with Crippen molar-refractivity contribution >= 4 is 17.4 Å². The largest absolute Gasteiger partial charge is 0.338 e. The normalized spacial score (nSPS) is 10.4. The summed E-state index contributed by atoms with van der Waals surface area (Å²) in [5.74, 6) is 0. The third-order valence-corrected chi connectivity index (χ3v) is 5.02. The Morgan fingerprint density at radius 1 is 1.08 bits per heavy atom. The molecule has 6 heteroatoms. The number of carbonyl (C=O) groups excluding carboxylic acids is 1. The van der Waals surface area contributed by atoms with Crippen molar-refractivity contribution in [2.24, 2.45) is 0 Å². The molecule has 0 bridgehead atoms. The molecule has 1 aromatic carbocycles. The zero-order valence-electron chi connectivity index (χ0n) is 14.0. The fraction of sp³-hybridized carbons (Fsp3) is 0.211. The average molecular weight is 352 g/mol. The molecule has 0 unspecified atom stereocenters. The van der Waals surface area contributed by atoms with E-state index >= 15 is 0 Å². The number of pyridine rings is 1. The summed E-state index contributed by atoms with van der Waals surface area (Å²) in [7, 11) is 0. The lowest BCUT2D eigenvalue weighted by atomic mass is 10.2. The number of rotatable bonds is 6. The van der Waals surface area contributed by atoms with Gasteiger partial charge in [0.1, 0.15) is 5.01 Å². The molecule has 2 heterocycles. The lowest BCUT2D eigenvalue weighted by Crippen LogP contribution is -2.36. The summed E-state index contributed by atoms with van der Waals surface area (Å²) in [6.07, 6.45) is 4.31. The fourth-order valence-electron chi connectivity index (χ4n) is 2.41. The summed E-state index contributed by atoms with van der Waals surface area (Å²) >= 11 is 1.66. The number of nitrogens with one attached hydrogen (secondary N) is 2. The highest BCUT2D eigenvalue weighted by molar-refractivity contribution is 7.15. The Hall–Kier alpha value is -2.73. The predicted molar refractivity (Wildman–Crippen MR) is 100 cm³/mol. The number of aryl methyl sites for hydroxylation is 1. The molecule has 2 amide bonds. The molecule has 128 valence electrons. The van der Waals surface area contributed by atoms with Crippen LogP contribution in [0.5, 0.6) is 0 Å². The van der Waals surface area contributed by atoms with Crippen LogP contribution in [-0.4, -0.2) is 22.5 Å². The number of hydrogen-bond donors (Lipinski definition) is 2. The number of hydrogen-bond acceptors (Lipinski definition) is 4. The highest BCUT2D eigenvalue weighted by Crippen LogP contribution is 2.27. The van der Waals surface area contributed by atoms with Gasteiger partial charge in [0.25, 0.3) is 0 Å². The first-order chi connectivity index (χ1) is 12.2. The minimum Gasteiger partial charge on any atom is -0.338 e. The van der Waals surface area contributed by atoms with E-state index in [0.29, 0.717) is 13.1 Å². The second kappa shape index (κ2) is 8.39. The number of nitrogens with zero attached hydrogens (tertiary/aromatic N) is 2. The topological polar surface area (TPSA) is 66.9 Å². The molecule has 2 N–H and O–H groups in total. The van der Waals surface area contributed by atoms with Crippen LogP contribution in [0.4, 0.5) is 4.79 Å². The molecule has 3 rings (SSSR count). The van der Waals surface area contributed by atoms with Gasteiger partial charge in [-0.05, 0) is 24.6 Å². The molecule has 25 heavy (non-hydrogen) atoms. The van der Waals surface area contributed by atoms with Crippen molar-refractivity contribution in [3.8, 4) is 10.6 Å². The minimum atomic E-state index is -0.152. The smallest absolute Gasteiger partial charge is 0.315 e. The van der Waals surface area contributed by atoms with Crippen LogP contribution in [0.15, 0.2) is 54.9 Å². The summed E-state index contributed by atoms with van der Waals surface area (Å²) in [5.41, 5.74) is 3.17. The minimum absolute atomic E-state index is 0.152. The van der Waals surface area contributed by atoms with E-state index in [0.717, 1.165) is 28.2 Å². The molecule has 0 spiro atoms.